The maximum absolute atomic E-state index is 12.6. The molecule has 0 bridgehead atoms. The zero-order valence-electron chi connectivity index (χ0n) is 12.7. The number of H-pyrrole nitrogens is 1. The van der Waals surface area contributed by atoms with Crippen molar-refractivity contribution in [3.8, 4) is 11.3 Å². The van der Waals surface area contributed by atoms with Gasteiger partial charge in [-0.25, -0.2) is 0 Å². The van der Waals surface area contributed by atoms with E-state index in [-0.39, 0.29) is 5.69 Å². The van der Waals surface area contributed by atoms with Crippen molar-refractivity contribution < 1.29 is 13.2 Å². The topological polar surface area (TPSA) is 136 Å². The van der Waals surface area contributed by atoms with Gasteiger partial charge in [0.1, 0.15) is 0 Å². The van der Waals surface area contributed by atoms with Crippen LogP contribution in [0.2, 0.25) is 0 Å². The molecule has 0 spiro atoms. The number of carbonyl (C=O) groups is 1. The predicted molar refractivity (Wildman–Crippen MR) is 83.0 cm³/mol. The van der Waals surface area contributed by atoms with Gasteiger partial charge in [-0.1, -0.05) is 13.3 Å². The Bertz CT molecular complexity index is 851. The molecule has 0 saturated carbocycles. The molecule has 0 aromatic carbocycles. The molecule has 124 valence electrons. The zero-order chi connectivity index (χ0) is 16.6. The molecule has 2 aromatic rings. The number of nitrogens with one attached hydrogen (secondary N) is 2. The van der Waals surface area contributed by atoms with Crippen molar-refractivity contribution in [3.05, 3.63) is 23.1 Å². The smallest absolute Gasteiger partial charge is 0.321 e. The van der Waals surface area contributed by atoms with Crippen molar-refractivity contribution in [2.45, 2.75) is 32.6 Å². The number of hydrogen-bond acceptors (Lipinski definition) is 5. The SMILES string of the molecule is CCCCNS(=O)(=O)n1nc(C(N)=O)c2c1-c1cn[nH]c1CC2. The number of amides is 1. The molecule has 3 rings (SSSR count). The lowest BCUT2D eigenvalue weighted by molar-refractivity contribution is 0.0994. The van der Waals surface area contributed by atoms with Crippen LogP contribution in [0.15, 0.2) is 6.20 Å². The van der Waals surface area contributed by atoms with Gasteiger partial charge in [0.15, 0.2) is 5.69 Å². The quantitative estimate of drug-likeness (QED) is 0.635. The van der Waals surface area contributed by atoms with Gasteiger partial charge >= 0.3 is 10.2 Å². The number of aryl methyl sites for hydroxylation is 1. The van der Waals surface area contributed by atoms with Crippen LogP contribution < -0.4 is 10.5 Å². The number of hydrogen-bond donors (Lipinski definition) is 3. The minimum atomic E-state index is -3.90. The molecular weight excluding hydrogens is 320 g/mol. The number of carbonyl (C=O) groups excluding carboxylic acids is 1. The fourth-order valence-corrected chi connectivity index (χ4v) is 3.86. The van der Waals surface area contributed by atoms with Crippen LogP contribution in [0.25, 0.3) is 11.3 Å². The molecule has 9 nitrogen and oxygen atoms in total. The molecule has 0 saturated heterocycles. The highest BCUT2D eigenvalue weighted by atomic mass is 32.2. The second-order valence-electron chi connectivity index (χ2n) is 5.40. The van der Waals surface area contributed by atoms with Crippen LogP contribution in [0, 0.1) is 0 Å². The average Bonchev–Trinajstić information content (AvgIpc) is 3.11. The van der Waals surface area contributed by atoms with E-state index in [1.807, 2.05) is 6.92 Å². The molecule has 1 aliphatic rings. The lowest BCUT2D eigenvalue weighted by Gasteiger charge is -2.14. The summed E-state index contributed by atoms with van der Waals surface area (Å²) in [7, 11) is -3.90. The van der Waals surface area contributed by atoms with Crippen molar-refractivity contribution in [3.63, 3.8) is 0 Å². The minimum absolute atomic E-state index is 0.00674. The summed E-state index contributed by atoms with van der Waals surface area (Å²) in [5.74, 6) is -0.740. The third-order valence-electron chi connectivity index (χ3n) is 3.83. The number of aromatic nitrogens is 4. The Balaban J connectivity index is 2.14. The van der Waals surface area contributed by atoms with Gasteiger partial charge in [0.25, 0.3) is 5.91 Å². The first-order chi connectivity index (χ1) is 11.0. The summed E-state index contributed by atoms with van der Waals surface area (Å²) in [6, 6.07) is 0. The molecule has 2 aromatic heterocycles. The summed E-state index contributed by atoms with van der Waals surface area (Å²) in [5.41, 5.74) is 7.71. The molecule has 0 fully saturated rings. The molecule has 1 aliphatic carbocycles. The zero-order valence-corrected chi connectivity index (χ0v) is 13.5. The van der Waals surface area contributed by atoms with Gasteiger partial charge in [-0.2, -0.15) is 23.3 Å². The fraction of sp³-hybridized carbons (Fsp3) is 0.462. The van der Waals surface area contributed by atoms with E-state index >= 15 is 0 Å². The van der Waals surface area contributed by atoms with Gasteiger partial charge in [-0.15, -0.1) is 4.09 Å². The number of nitrogens with two attached hydrogens (primary N) is 1. The number of fused-ring (bicyclic) bond motifs is 3. The molecule has 1 amide bonds. The third kappa shape index (κ3) is 2.63. The Morgan fingerprint density at radius 1 is 1.48 bits per heavy atom. The lowest BCUT2D eigenvalue weighted by atomic mass is 9.94. The minimum Gasteiger partial charge on any atom is -0.364 e. The van der Waals surface area contributed by atoms with E-state index < -0.39 is 16.1 Å². The van der Waals surface area contributed by atoms with Crippen molar-refractivity contribution in [2.75, 3.05) is 6.54 Å². The molecule has 2 heterocycles. The Morgan fingerprint density at radius 3 is 2.96 bits per heavy atom. The van der Waals surface area contributed by atoms with Crippen LogP contribution in [0.3, 0.4) is 0 Å². The highest BCUT2D eigenvalue weighted by Gasteiger charge is 2.32. The van der Waals surface area contributed by atoms with Crippen LogP contribution in [-0.4, -0.2) is 40.3 Å². The number of primary amides is 1. The standard InChI is InChI=1S/C13H18N6O3S/c1-2-3-6-16-23(21,22)19-12-8(11(18-19)13(14)20)4-5-10-9(12)7-15-17-10/h7,16H,2-6H2,1H3,(H2,14,20)(H,15,17). The van der Waals surface area contributed by atoms with Gasteiger partial charge in [-0.05, 0) is 19.3 Å². The van der Waals surface area contributed by atoms with E-state index in [0.717, 1.165) is 16.2 Å². The van der Waals surface area contributed by atoms with E-state index in [4.69, 9.17) is 5.73 Å². The first-order valence-corrected chi connectivity index (χ1v) is 8.84. The summed E-state index contributed by atoms with van der Waals surface area (Å²) >= 11 is 0. The first kappa shape index (κ1) is 15.7. The first-order valence-electron chi connectivity index (χ1n) is 7.40. The van der Waals surface area contributed by atoms with Crippen molar-refractivity contribution in [1.29, 1.82) is 0 Å². The van der Waals surface area contributed by atoms with Crippen LogP contribution in [0.1, 0.15) is 41.5 Å². The van der Waals surface area contributed by atoms with Crippen LogP contribution in [0.5, 0.6) is 0 Å². The molecule has 0 aliphatic heterocycles. The number of aromatic amines is 1. The van der Waals surface area contributed by atoms with Crippen molar-refractivity contribution >= 4 is 16.1 Å². The van der Waals surface area contributed by atoms with Crippen molar-refractivity contribution in [1.82, 2.24) is 24.1 Å². The fourth-order valence-electron chi connectivity index (χ4n) is 2.70. The molecule has 10 heteroatoms. The summed E-state index contributed by atoms with van der Waals surface area (Å²) in [6.07, 6.45) is 4.21. The van der Waals surface area contributed by atoms with Gasteiger partial charge in [0.05, 0.1) is 11.9 Å². The third-order valence-corrected chi connectivity index (χ3v) is 5.12. The highest BCUT2D eigenvalue weighted by Crippen LogP contribution is 2.34. The summed E-state index contributed by atoms with van der Waals surface area (Å²) in [5, 5.41) is 10.8. The Morgan fingerprint density at radius 2 is 2.26 bits per heavy atom. The normalized spacial score (nSPS) is 13.6. The van der Waals surface area contributed by atoms with Crippen molar-refractivity contribution in [2.24, 2.45) is 5.73 Å². The monoisotopic (exact) mass is 338 g/mol. The maximum Gasteiger partial charge on any atom is 0.321 e. The molecule has 0 atom stereocenters. The highest BCUT2D eigenvalue weighted by molar-refractivity contribution is 7.88. The Kier molecular flexibility index (Phi) is 3.94. The van der Waals surface area contributed by atoms with Gasteiger partial charge < -0.3 is 5.73 Å². The largest absolute Gasteiger partial charge is 0.364 e. The Labute approximate surface area is 133 Å². The predicted octanol–water partition coefficient (Wildman–Crippen LogP) is -0.0467. The maximum atomic E-state index is 12.6. The van der Waals surface area contributed by atoms with E-state index in [0.29, 0.717) is 42.6 Å². The summed E-state index contributed by atoms with van der Waals surface area (Å²) < 4.78 is 28.5. The van der Waals surface area contributed by atoms with Crippen LogP contribution in [0.4, 0.5) is 0 Å². The molecule has 0 radical (unpaired) electrons. The summed E-state index contributed by atoms with van der Waals surface area (Å²) in [4.78, 5) is 11.6. The van der Waals surface area contributed by atoms with Gasteiger partial charge in [0, 0.05) is 23.4 Å². The van der Waals surface area contributed by atoms with E-state index in [1.165, 1.54) is 6.20 Å². The molecule has 0 unspecified atom stereocenters. The van der Waals surface area contributed by atoms with E-state index in [1.54, 1.807) is 0 Å². The molecule has 4 N–H and O–H groups in total. The molecular formula is C13H18N6O3S. The Hall–Kier alpha value is -2.20. The molecule has 23 heavy (non-hydrogen) atoms. The van der Waals surface area contributed by atoms with Crippen LogP contribution in [-0.2, 0) is 23.1 Å². The summed E-state index contributed by atoms with van der Waals surface area (Å²) in [6.45, 7) is 2.27. The van der Waals surface area contributed by atoms with E-state index in [2.05, 4.69) is 20.0 Å². The average molecular weight is 338 g/mol. The van der Waals surface area contributed by atoms with Gasteiger partial charge in [-0.3, -0.25) is 9.89 Å². The second-order valence-corrected chi connectivity index (χ2v) is 6.98. The van der Waals surface area contributed by atoms with Gasteiger partial charge in [0.2, 0.25) is 0 Å². The van der Waals surface area contributed by atoms with E-state index in [9.17, 15) is 13.2 Å². The number of nitrogens with zero attached hydrogens (tertiary/aromatic N) is 3. The second kappa shape index (κ2) is 5.78. The number of unbranched alkanes of at least 4 members (excludes halogenated alkanes) is 1. The lowest BCUT2D eigenvalue weighted by Crippen LogP contribution is -2.32. The van der Waals surface area contributed by atoms with Crippen LogP contribution >= 0.6 is 0 Å². The number of rotatable bonds is 6.